The zero-order chi connectivity index (χ0) is 16.2. The molecule has 1 aliphatic rings. The molecule has 1 unspecified atom stereocenters. The lowest BCUT2D eigenvalue weighted by Gasteiger charge is -2.24. The number of hydrogen-bond donors (Lipinski definition) is 0. The number of carbonyl (C=O) groups is 1. The van der Waals surface area contributed by atoms with Gasteiger partial charge in [-0.15, -0.1) is 0 Å². The van der Waals surface area contributed by atoms with Crippen molar-refractivity contribution >= 4 is 5.91 Å². The molecule has 120 valence electrons. The van der Waals surface area contributed by atoms with Gasteiger partial charge in [0.1, 0.15) is 5.69 Å². The predicted octanol–water partition coefficient (Wildman–Crippen LogP) is 2.03. The second-order valence-electron chi connectivity index (χ2n) is 5.72. The smallest absolute Gasteiger partial charge is 0.274 e. The fourth-order valence-electron chi connectivity index (χ4n) is 3.02. The van der Waals surface area contributed by atoms with Crippen LogP contribution in [0.15, 0.2) is 41.5 Å². The van der Waals surface area contributed by atoms with Gasteiger partial charge in [-0.25, -0.2) is 4.68 Å². The molecule has 3 heterocycles. The first kappa shape index (κ1) is 15.4. The number of rotatable bonds is 4. The predicted molar refractivity (Wildman–Crippen MR) is 86.0 cm³/mol. The third-order valence-corrected chi connectivity index (χ3v) is 4.13. The van der Waals surface area contributed by atoms with Crippen molar-refractivity contribution in [1.29, 1.82) is 0 Å². The molecule has 0 bridgehead atoms. The number of hydrogen-bond acceptors (Lipinski definition) is 4. The Morgan fingerprint density at radius 2 is 2.04 bits per heavy atom. The minimum atomic E-state index is -0.171. The van der Waals surface area contributed by atoms with E-state index in [9.17, 15) is 9.59 Å². The van der Waals surface area contributed by atoms with Crippen molar-refractivity contribution in [3.8, 4) is 0 Å². The lowest BCUT2D eigenvalue weighted by atomic mass is 10.1. The van der Waals surface area contributed by atoms with Gasteiger partial charge in [-0.05, 0) is 43.0 Å². The van der Waals surface area contributed by atoms with Gasteiger partial charge in [-0.1, -0.05) is 6.92 Å². The first-order valence-corrected chi connectivity index (χ1v) is 7.99. The molecule has 0 radical (unpaired) electrons. The number of nitrogens with zero attached hydrogens (tertiary/aromatic N) is 4. The highest BCUT2D eigenvalue weighted by atomic mass is 16.2. The Kier molecular flexibility index (Phi) is 4.50. The van der Waals surface area contributed by atoms with Gasteiger partial charge < -0.3 is 4.90 Å². The molecule has 0 N–H and O–H groups in total. The second kappa shape index (κ2) is 6.73. The summed E-state index contributed by atoms with van der Waals surface area (Å²) in [5.74, 6) is -0.117. The fraction of sp³-hybridized carbons (Fsp3) is 0.412. The third-order valence-electron chi connectivity index (χ3n) is 4.13. The van der Waals surface area contributed by atoms with E-state index in [0.29, 0.717) is 18.8 Å². The van der Waals surface area contributed by atoms with Crippen molar-refractivity contribution in [3.05, 3.63) is 58.3 Å². The van der Waals surface area contributed by atoms with Crippen molar-refractivity contribution < 1.29 is 4.79 Å². The average Bonchev–Trinajstić information content (AvgIpc) is 3.07. The van der Waals surface area contributed by atoms with Crippen molar-refractivity contribution in [2.24, 2.45) is 0 Å². The second-order valence-corrected chi connectivity index (χ2v) is 5.72. The van der Waals surface area contributed by atoms with E-state index in [1.54, 1.807) is 12.4 Å². The minimum Gasteiger partial charge on any atom is -0.330 e. The van der Waals surface area contributed by atoms with Gasteiger partial charge in [-0.2, -0.15) is 5.10 Å². The van der Waals surface area contributed by atoms with E-state index in [-0.39, 0.29) is 17.5 Å². The molecular weight excluding hydrogens is 292 g/mol. The first-order valence-electron chi connectivity index (χ1n) is 7.99. The van der Waals surface area contributed by atoms with Crippen LogP contribution in [0.5, 0.6) is 0 Å². The van der Waals surface area contributed by atoms with Crippen LogP contribution in [0.1, 0.15) is 48.3 Å². The van der Waals surface area contributed by atoms with Gasteiger partial charge in [0, 0.05) is 31.5 Å². The summed E-state index contributed by atoms with van der Waals surface area (Å²) < 4.78 is 1.37. The maximum absolute atomic E-state index is 12.8. The topological polar surface area (TPSA) is 68.1 Å². The van der Waals surface area contributed by atoms with Gasteiger partial charge in [-0.3, -0.25) is 14.6 Å². The van der Waals surface area contributed by atoms with Crippen LogP contribution in [0, 0.1) is 0 Å². The highest BCUT2D eigenvalue weighted by Crippen LogP contribution is 2.32. The Labute approximate surface area is 134 Å². The number of carbonyl (C=O) groups excluding carboxylic acids is 1. The van der Waals surface area contributed by atoms with E-state index < -0.39 is 0 Å². The molecule has 1 saturated heterocycles. The number of aromatic nitrogens is 3. The van der Waals surface area contributed by atoms with Crippen molar-refractivity contribution in [2.75, 3.05) is 6.54 Å². The van der Waals surface area contributed by atoms with Crippen LogP contribution in [0.3, 0.4) is 0 Å². The van der Waals surface area contributed by atoms with Crippen LogP contribution in [0.25, 0.3) is 0 Å². The fourth-order valence-corrected chi connectivity index (χ4v) is 3.02. The number of pyridine rings is 1. The standard InChI is InChI=1S/C17H20N4O2/c1-2-11-21-16(22)6-5-14(19-21)17(23)20-12-3-4-15(20)13-7-9-18-10-8-13/h5-10,15H,2-4,11-12H2,1H3. The highest BCUT2D eigenvalue weighted by Gasteiger charge is 2.31. The number of amides is 1. The van der Waals surface area contributed by atoms with Gasteiger partial charge in [0.25, 0.3) is 11.5 Å². The van der Waals surface area contributed by atoms with Crippen LogP contribution >= 0.6 is 0 Å². The van der Waals surface area contributed by atoms with E-state index in [2.05, 4.69) is 10.1 Å². The molecular formula is C17H20N4O2. The Morgan fingerprint density at radius 1 is 1.26 bits per heavy atom. The normalized spacial score (nSPS) is 17.4. The van der Waals surface area contributed by atoms with Gasteiger partial charge in [0.05, 0.1) is 6.04 Å². The third kappa shape index (κ3) is 3.16. The van der Waals surface area contributed by atoms with E-state index >= 15 is 0 Å². The summed E-state index contributed by atoms with van der Waals surface area (Å²) in [6.45, 7) is 3.21. The molecule has 6 heteroatoms. The zero-order valence-corrected chi connectivity index (χ0v) is 13.2. The van der Waals surface area contributed by atoms with Gasteiger partial charge in [0.2, 0.25) is 0 Å². The van der Waals surface area contributed by atoms with E-state index in [1.165, 1.54) is 16.8 Å². The quantitative estimate of drug-likeness (QED) is 0.866. The van der Waals surface area contributed by atoms with E-state index in [1.807, 2.05) is 24.0 Å². The summed E-state index contributed by atoms with van der Waals surface area (Å²) in [4.78, 5) is 30.5. The summed E-state index contributed by atoms with van der Waals surface area (Å²) >= 11 is 0. The molecule has 6 nitrogen and oxygen atoms in total. The Balaban J connectivity index is 1.87. The molecule has 2 aromatic heterocycles. The monoisotopic (exact) mass is 312 g/mol. The summed E-state index contributed by atoms with van der Waals surface area (Å²) in [5, 5.41) is 4.24. The maximum Gasteiger partial charge on any atom is 0.274 e. The molecule has 1 atom stereocenters. The molecule has 1 fully saturated rings. The lowest BCUT2D eigenvalue weighted by molar-refractivity contribution is 0.0726. The van der Waals surface area contributed by atoms with Crippen molar-refractivity contribution in [1.82, 2.24) is 19.7 Å². The molecule has 0 spiro atoms. The van der Waals surface area contributed by atoms with Crippen molar-refractivity contribution in [3.63, 3.8) is 0 Å². The molecule has 1 amide bonds. The van der Waals surface area contributed by atoms with E-state index in [0.717, 1.165) is 24.8 Å². The van der Waals surface area contributed by atoms with Crippen LogP contribution in [0.2, 0.25) is 0 Å². The van der Waals surface area contributed by atoms with E-state index in [4.69, 9.17) is 0 Å². The first-order chi connectivity index (χ1) is 11.2. The summed E-state index contributed by atoms with van der Waals surface area (Å²) in [6.07, 6.45) is 6.19. The lowest BCUT2D eigenvalue weighted by Crippen LogP contribution is -2.33. The summed E-state index contributed by atoms with van der Waals surface area (Å²) in [6, 6.07) is 6.90. The molecule has 0 aliphatic carbocycles. The number of likely N-dealkylation sites (tertiary alicyclic amines) is 1. The Hall–Kier alpha value is -2.50. The molecule has 3 rings (SSSR count). The Morgan fingerprint density at radius 3 is 2.78 bits per heavy atom. The average molecular weight is 312 g/mol. The van der Waals surface area contributed by atoms with Gasteiger partial charge in [0.15, 0.2) is 0 Å². The van der Waals surface area contributed by atoms with Crippen LogP contribution in [-0.4, -0.2) is 32.1 Å². The van der Waals surface area contributed by atoms with Crippen LogP contribution in [0.4, 0.5) is 0 Å². The van der Waals surface area contributed by atoms with Gasteiger partial charge >= 0.3 is 0 Å². The van der Waals surface area contributed by atoms with Crippen LogP contribution < -0.4 is 5.56 Å². The zero-order valence-electron chi connectivity index (χ0n) is 13.2. The number of aryl methyl sites for hydroxylation is 1. The summed E-state index contributed by atoms with van der Waals surface area (Å²) in [5.41, 5.74) is 1.25. The molecule has 23 heavy (non-hydrogen) atoms. The molecule has 0 aromatic carbocycles. The summed E-state index contributed by atoms with van der Waals surface area (Å²) in [7, 11) is 0. The highest BCUT2D eigenvalue weighted by molar-refractivity contribution is 5.92. The molecule has 2 aromatic rings. The van der Waals surface area contributed by atoms with Crippen molar-refractivity contribution in [2.45, 2.75) is 38.8 Å². The molecule has 1 aliphatic heterocycles. The largest absolute Gasteiger partial charge is 0.330 e. The molecule has 0 saturated carbocycles. The SMILES string of the molecule is CCCn1nc(C(=O)N2CCCC2c2ccncc2)ccc1=O. The van der Waals surface area contributed by atoms with Crippen LogP contribution in [-0.2, 0) is 6.54 Å². The minimum absolute atomic E-state index is 0.0545. The maximum atomic E-state index is 12.8. The Bertz CT molecular complexity index is 742.